The summed E-state index contributed by atoms with van der Waals surface area (Å²) in [7, 11) is 0. The minimum atomic E-state index is -0.101. The van der Waals surface area contributed by atoms with Gasteiger partial charge in [-0.15, -0.1) is 0 Å². The fraction of sp³-hybridized carbons (Fsp3) is 0.615. The van der Waals surface area contributed by atoms with Crippen LogP contribution in [-0.4, -0.2) is 31.0 Å². The first-order chi connectivity index (χ1) is 14.9. The van der Waals surface area contributed by atoms with E-state index in [9.17, 15) is 9.59 Å². The zero-order valence-corrected chi connectivity index (χ0v) is 19.2. The second-order valence-electron chi connectivity index (χ2n) is 9.57. The van der Waals surface area contributed by atoms with E-state index in [1.165, 1.54) is 18.4 Å². The van der Waals surface area contributed by atoms with E-state index in [1.54, 1.807) is 0 Å². The van der Waals surface area contributed by atoms with Crippen molar-refractivity contribution in [3.8, 4) is 5.75 Å². The fourth-order valence-electron chi connectivity index (χ4n) is 5.04. The minimum absolute atomic E-state index is 0.0235. The molecule has 2 N–H and O–H groups in total. The molecule has 5 nitrogen and oxygen atoms in total. The molecule has 0 bridgehead atoms. The number of rotatable bonds is 9. The third-order valence-electron chi connectivity index (χ3n) is 6.88. The van der Waals surface area contributed by atoms with Gasteiger partial charge in [-0.3, -0.25) is 9.59 Å². The quantitative estimate of drug-likeness (QED) is 0.572. The highest BCUT2D eigenvalue weighted by Crippen LogP contribution is 2.38. The van der Waals surface area contributed by atoms with Gasteiger partial charge in [-0.25, -0.2) is 0 Å². The first kappa shape index (κ1) is 23.4. The number of carbonyl (C=O) groups excluding carboxylic acids is 2. The summed E-state index contributed by atoms with van der Waals surface area (Å²) in [6.45, 7) is 7.25. The van der Waals surface area contributed by atoms with Crippen LogP contribution in [0.1, 0.15) is 59.3 Å². The van der Waals surface area contributed by atoms with E-state index in [2.05, 4.69) is 37.5 Å². The van der Waals surface area contributed by atoms with Crippen LogP contribution in [0.4, 0.5) is 0 Å². The SMILES string of the molecule is CC1=C[C@@H](CNC(=O)COc2ccccc2)[C@H](C(C)C)C[C@H]1CC(=O)NC1CCCC1. The summed E-state index contributed by atoms with van der Waals surface area (Å²) in [5.41, 5.74) is 1.28. The highest BCUT2D eigenvalue weighted by molar-refractivity contribution is 5.77. The summed E-state index contributed by atoms with van der Waals surface area (Å²) in [5.74, 6) is 2.31. The Labute approximate surface area is 187 Å². The van der Waals surface area contributed by atoms with Crippen molar-refractivity contribution in [3.05, 3.63) is 42.0 Å². The summed E-state index contributed by atoms with van der Waals surface area (Å²) >= 11 is 0. The van der Waals surface area contributed by atoms with Crippen LogP contribution in [0, 0.1) is 23.7 Å². The van der Waals surface area contributed by atoms with Crippen molar-refractivity contribution in [2.75, 3.05) is 13.2 Å². The molecule has 3 rings (SSSR count). The lowest BCUT2D eigenvalue weighted by Crippen LogP contribution is -2.39. The lowest BCUT2D eigenvalue weighted by Gasteiger charge is -2.37. The van der Waals surface area contributed by atoms with Crippen molar-refractivity contribution in [2.24, 2.45) is 23.7 Å². The Kier molecular flexibility index (Phi) is 8.56. The third kappa shape index (κ3) is 7.12. The Morgan fingerprint density at radius 1 is 1.10 bits per heavy atom. The molecule has 1 saturated carbocycles. The first-order valence-electron chi connectivity index (χ1n) is 11.8. The number of hydrogen-bond acceptors (Lipinski definition) is 3. The summed E-state index contributed by atoms with van der Waals surface area (Å²) in [5, 5.41) is 6.28. The predicted molar refractivity (Wildman–Crippen MR) is 124 cm³/mol. The molecule has 0 radical (unpaired) electrons. The summed E-state index contributed by atoms with van der Waals surface area (Å²) in [6, 6.07) is 9.77. The molecule has 0 saturated heterocycles. The molecule has 3 atom stereocenters. The van der Waals surface area contributed by atoms with Crippen LogP contribution in [0.5, 0.6) is 5.75 Å². The summed E-state index contributed by atoms with van der Waals surface area (Å²) < 4.78 is 5.55. The van der Waals surface area contributed by atoms with Gasteiger partial charge < -0.3 is 15.4 Å². The molecule has 0 aliphatic heterocycles. The Morgan fingerprint density at radius 3 is 2.48 bits per heavy atom. The minimum Gasteiger partial charge on any atom is -0.484 e. The third-order valence-corrected chi connectivity index (χ3v) is 6.88. The Balaban J connectivity index is 1.51. The van der Waals surface area contributed by atoms with E-state index in [0.717, 1.165) is 19.3 Å². The predicted octanol–water partition coefficient (Wildman–Crippen LogP) is 4.49. The molecule has 1 aromatic rings. The lowest BCUT2D eigenvalue weighted by molar-refractivity contribution is -0.123. The molecule has 0 unspecified atom stereocenters. The second-order valence-corrected chi connectivity index (χ2v) is 9.57. The van der Waals surface area contributed by atoms with E-state index in [1.807, 2.05) is 30.3 Å². The maximum Gasteiger partial charge on any atom is 0.257 e. The molecule has 2 aliphatic carbocycles. The van der Waals surface area contributed by atoms with Crippen molar-refractivity contribution < 1.29 is 14.3 Å². The molecule has 0 heterocycles. The van der Waals surface area contributed by atoms with E-state index in [4.69, 9.17) is 4.74 Å². The monoisotopic (exact) mass is 426 g/mol. The van der Waals surface area contributed by atoms with Crippen LogP contribution in [0.3, 0.4) is 0 Å². The summed E-state index contributed by atoms with van der Waals surface area (Å²) in [4.78, 5) is 24.8. The highest BCUT2D eigenvalue weighted by Gasteiger charge is 2.33. The van der Waals surface area contributed by atoms with E-state index >= 15 is 0 Å². The first-order valence-corrected chi connectivity index (χ1v) is 11.8. The average Bonchev–Trinajstić information content (AvgIpc) is 3.25. The molecular formula is C26H38N2O3. The molecule has 0 aromatic heterocycles. The van der Waals surface area contributed by atoms with Gasteiger partial charge in [0.25, 0.3) is 5.91 Å². The molecular weight excluding hydrogens is 388 g/mol. The number of carbonyl (C=O) groups is 2. The topological polar surface area (TPSA) is 67.4 Å². The second kappa shape index (κ2) is 11.4. The van der Waals surface area contributed by atoms with Gasteiger partial charge in [0.2, 0.25) is 5.91 Å². The van der Waals surface area contributed by atoms with Crippen LogP contribution in [0.25, 0.3) is 0 Å². The molecule has 31 heavy (non-hydrogen) atoms. The number of amides is 2. The van der Waals surface area contributed by atoms with Crippen LogP contribution in [0.15, 0.2) is 42.0 Å². The molecule has 170 valence electrons. The number of allylic oxidation sites excluding steroid dienone is 1. The number of hydrogen-bond donors (Lipinski definition) is 2. The van der Waals surface area contributed by atoms with Crippen molar-refractivity contribution in [3.63, 3.8) is 0 Å². The smallest absolute Gasteiger partial charge is 0.257 e. The van der Waals surface area contributed by atoms with Gasteiger partial charge >= 0.3 is 0 Å². The van der Waals surface area contributed by atoms with E-state index in [0.29, 0.717) is 42.5 Å². The maximum atomic E-state index is 12.6. The highest BCUT2D eigenvalue weighted by atomic mass is 16.5. The van der Waals surface area contributed by atoms with Crippen LogP contribution in [-0.2, 0) is 9.59 Å². The Bertz CT molecular complexity index is 753. The number of ether oxygens (including phenoxy) is 1. The van der Waals surface area contributed by atoms with Crippen LogP contribution >= 0.6 is 0 Å². The molecule has 0 spiro atoms. The lowest BCUT2D eigenvalue weighted by atomic mass is 9.69. The fourth-order valence-corrected chi connectivity index (χ4v) is 5.04. The molecule has 1 fully saturated rings. The molecule has 5 heteroatoms. The Morgan fingerprint density at radius 2 is 1.81 bits per heavy atom. The van der Waals surface area contributed by atoms with E-state index in [-0.39, 0.29) is 24.3 Å². The van der Waals surface area contributed by atoms with Crippen molar-refractivity contribution >= 4 is 11.8 Å². The van der Waals surface area contributed by atoms with Gasteiger partial charge in [0, 0.05) is 19.0 Å². The van der Waals surface area contributed by atoms with Gasteiger partial charge in [-0.1, -0.05) is 56.5 Å². The number of nitrogens with one attached hydrogen (secondary N) is 2. The van der Waals surface area contributed by atoms with Gasteiger partial charge in [0.05, 0.1) is 0 Å². The van der Waals surface area contributed by atoms with Gasteiger partial charge in [-0.05, 0) is 62.0 Å². The van der Waals surface area contributed by atoms with Crippen molar-refractivity contribution in [1.82, 2.24) is 10.6 Å². The number of para-hydroxylation sites is 1. The maximum absolute atomic E-state index is 12.6. The van der Waals surface area contributed by atoms with Gasteiger partial charge in [0.15, 0.2) is 6.61 Å². The largest absolute Gasteiger partial charge is 0.484 e. The molecule has 2 aliphatic rings. The van der Waals surface area contributed by atoms with Crippen molar-refractivity contribution in [2.45, 2.75) is 65.3 Å². The zero-order valence-electron chi connectivity index (χ0n) is 19.2. The number of benzene rings is 1. The normalized spacial score (nSPS) is 24.0. The zero-order chi connectivity index (χ0) is 22.2. The Hall–Kier alpha value is -2.30. The van der Waals surface area contributed by atoms with Crippen LogP contribution in [0.2, 0.25) is 0 Å². The van der Waals surface area contributed by atoms with Crippen LogP contribution < -0.4 is 15.4 Å². The average molecular weight is 427 g/mol. The molecule has 1 aromatic carbocycles. The van der Waals surface area contributed by atoms with Gasteiger partial charge in [-0.2, -0.15) is 0 Å². The summed E-state index contributed by atoms with van der Waals surface area (Å²) in [6.07, 6.45) is 8.56. The standard InChI is InChI=1S/C26H38N2O3/c1-18(2)24-14-20(15-25(29)28-22-9-7-8-10-22)19(3)13-21(24)16-27-26(30)17-31-23-11-5-4-6-12-23/h4-6,11-13,18,20-22,24H,7-10,14-17H2,1-3H3,(H,27,30)(H,28,29)/t20-,21-,24-/m0/s1. The van der Waals surface area contributed by atoms with Gasteiger partial charge in [0.1, 0.15) is 5.75 Å². The van der Waals surface area contributed by atoms with Crippen molar-refractivity contribution in [1.29, 1.82) is 0 Å². The molecule has 2 amide bonds. The van der Waals surface area contributed by atoms with E-state index < -0.39 is 0 Å².